The van der Waals surface area contributed by atoms with Gasteiger partial charge in [-0.2, -0.15) is 26.3 Å². The van der Waals surface area contributed by atoms with Crippen molar-refractivity contribution in [1.82, 2.24) is 0 Å². The molecule has 2 nitrogen and oxygen atoms in total. The van der Waals surface area contributed by atoms with Crippen molar-refractivity contribution in [1.29, 1.82) is 0 Å². The third-order valence-electron chi connectivity index (χ3n) is 1.17. The summed E-state index contributed by atoms with van der Waals surface area (Å²) in [5.74, 6) is 0. The molecule has 0 N–H and O–H groups in total. The highest BCUT2D eigenvalue weighted by Crippen LogP contribution is 2.35. The summed E-state index contributed by atoms with van der Waals surface area (Å²) < 4.78 is 78.4. The van der Waals surface area contributed by atoms with Crippen LogP contribution in [0.25, 0.3) is 0 Å². The molecular weight excluding hydrogens is 218 g/mol. The van der Waals surface area contributed by atoms with Crippen LogP contribution in [0.5, 0.6) is 0 Å². The van der Waals surface area contributed by atoms with E-state index in [-0.39, 0.29) is 6.61 Å². The fourth-order valence-electron chi connectivity index (χ4n) is 0.624. The molecule has 0 atom stereocenters. The summed E-state index contributed by atoms with van der Waals surface area (Å²) in [4.78, 5) is 0. The van der Waals surface area contributed by atoms with Gasteiger partial charge in [-0.25, -0.2) is 0 Å². The van der Waals surface area contributed by atoms with Gasteiger partial charge >= 0.3 is 12.4 Å². The average molecular weight is 226 g/mol. The van der Waals surface area contributed by atoms with Gasteiger partial charge in [-0.15, -0.1) is 0 Å². The van der Waals surface area contributed by atoms with Gasteiger partial charge in [-0.1, -0.05) is 0 Å². The van der Waals surface area contributed by atoms with Crippen LogP contribution in [0.15, 0.2) is 0 Å². The van der Waals surface area contributed by atoms with Gasteiger partial charge in [0.05, 0.1) is 13.2 Å². The molecule has 0 amide bonds. The van der Waals surface area contributed by atoms with E-state index in [1.165, 1.54) is 0 Å². The summed E-state index contributed by atoms with van der Waals surface area (Å²) in [5, 5.41) is 0. The molecule has 0 heterocycles. The number of alkyl halides is 6. The van der Waals surface area contributed by atoms with Gasteiger partial charge in [-0.3, -0.25) is 0 Å². The van der Waals surface area contributed by atoms with Gasteiger partial charge in [0.15, 0.2) is 0 Å². The summed E-state index contributed by atoms with van der Waals surface area (Å²) in [6, 6.07) is 0. The zero-order chi connectivity index (χ0) is 11.4. The van der Waals surface area contributed by atoms with Crippen molar-refractivity contribution in [2.24, 2.45) is 0 Å². The maximum Gasteiger partial charge on any atom is 0.423 e. The third-order valence-corrected chi connectivity index (χ3v) is 1.17. The van der Waals surface area contributed by atoms with E-state index in [0.29, 0.717) is 0 Å². The molecule has 0 spiro atoms. The van der Waals surface area contributed by atoms with Gasteiger partial charge in [0.25, 0.3) is 0 Å². The molecule has 0 aromatic rings. The SMILES string of the molecule is COCCOC(C(F)(F)F)C(F)(F)F. The van der Waals surface area contributed by atoms with Crippen LogP contribution in [0.1, 0.15) is 0 Å². The van der Waals surface area contributed by atoms with Crippen molar-refractivity contribution in [3.8, 4) is 0 Å². The second-order valence-corrected chi connectivity index (χ2v) is 2.33. The highest BCUT2D eigenvalue weighted by atomic mass is 19.4. The Labute approximate surface area is 75.8 Å². The Kier molecular flexibility index (Phi) is 4.66. The quantitative estimate of drug-likeness (QED) is 0.540. The predicted octanol–water partition coefficient (Wildman–Crippen LogP) is 2.14. The third kappa shape index (κ3) is 4.66. The van der Waals surface area contributed by atoms with Crippen molar-refractivity contribution in [2.75, 3.05) is 20.3 Å². The number of hydrogen-bond donors (Lipinski definition) is 0. The average Bonchev–Trinajstić information content (AvgIpc) is 1.92. The summed E-state index contributed by atoms with van der Waals surface area (Å²) in [7, 11) is 1.14. The molecule has 14 heavy (non-hydrogen) atoms. The number of rotatable bonds is 4. The second kappa shape index (κ2) is 4.83. The minimum absolute atomic E-state index is 0.331. The fourth-order valence-corrected chi connectivity index (χ4v) is 0.624. The molecule has 0 aliphatic rings. The van der Waals surface area contributed by atoms with Crippen molar-refractivity contribution < 1.29 is 35.8 Å². The molecule has 0 aromatic carbocycles. The summed E-state index contributed by atoms with van der Waals surface area (Å²) in [6.45, 7) is -1.09. The molecule has 0 bridgehead atoms. The first-order valence-corrected chi connectivity index (χ1v) is 3.43. The van der Waals surface area contributed by atoms with Gasteiger partial charge < -0.3 is 9.47 Å². The lowest BCUT2D eigenvalue weighted by Gasteiger charge is -2.22. The standard InChI is InChI=1S/C6H8F6O2/c1-13-2-3-14-4(5(7,8)9)6(10,11)12/h4H,2-3H2,1H3. The summed E-state index contributed by atoms with van der Waals surface area (Å²) in [6.07, 6.45) is -14.7. The van der Waals surface area contributed by atoms with Crippen LogP contribution < -0.4 is 0 Å². The van der Waals surface area contributed by atoms with E-state index < -0.39 is 25.1 Å². The summed E-state index contributed by atoms with van der Waals surface area (Å²) in [5.41, 5.74) is 0. The highest BCUT2D eigenvalue weighted by Gasteiger charge is 2.57. The van der Waals surface area contributed by atoms with Crippen LogP contribution in [0, 0.1) is 0 Å². The zero-order valence-corrected chi connectivity index (χ0v) is 7.08. The van der Waals surface area contributed by atoms with Crippen LogP contribution in [0.4, 0.5) is 26.3 Å². The largest absolute Gasteiger partial charge is 0.423 e. The van der Waals surface area contributed by atoms with E-state index in [9.17, 15) is 26.3 Å². The van der Waals surface area contributed by atoms with Crippen LogP contribution in [-0.2, 0) is 9.47 Å². The van der Waals surface area contributed by atoms with Gasteiger partial charge in [-0.05, 0) is 0 Å². The molecule has 0 saturated heterocycles. The van der Waals surface area contributed by atoms with Crippen molar-refractivity contribution in [2.45, 2.75) is 18.5 Å². The number of ether oxygens (including phenoxy) is 2. The van der Waals surface area contributed by atoms with Crippen molar-refractivity contribution in [3.63, 3.8) is 0 Å². The van der Waals surface area contributed by atoms with Crippen LogP contribution in [0.2, 0.25) is 0 Å². The monoisotopic (exact) mass is 226 g/mol. The molecule has 0 aliphatic carbocycles. The van der Waals surface area contributed by atoms with E-state index in [4.69, 9.17) is 0 Å². The normalized spacial score (nSPS) is 13.7. The first-order valence-electron chi connectivity index (χ1n) is 3.43. The Morgan fingerprint density at radius 1 is 0.929 bits per heavy atom. The Morgan fingerprint density at radius 3 is 1.64 bits per heavy atom. The smallest absolute Gasteiger partial charge is 0.382 e. The first-order chi connectivity index (χ1) is 6.19. The predicted molar refractivity (Wildman–Crippen MR) is 33.7 cm³/mol. The molecular formula is C6H8F6O2. The number of halogens is 6. The highest BCUT2D eigenvalue weighted by molar-refractivity contribution is 4.75. The number of hydrogen-bond acceptors (Lipinski definition) is 2. The molecule has 8 heteroatoms. The lowest BCUT2D eigenvalue weighted by Crippen LogP contribution is -2.44. The molecule has 0 saturated carbocycles. The van der Waals surface area contributed by atoms with Crippen molar-refractivity contribution >= 4 is 0 Å². The Balaban J connectivity index is 4.28. The zero-order valence-electron chi connectivity index (χ0n) is 7.08. The van der Waals surface area contributed by atoms with Crippen LogP contribution in [-0.4, -0.2) is 38.8 Å². The lowest BCUT2D eigenvalue weighted by atomic mass is 10.3. The first kappa shape index (κ1) is 13.5. The number of methoxy groups -OCH3 is 1. The lowest BCUT2D eigenvalue weighted by molar-refractivity contribution is -0.322. The van der Waals surface area contributed by atoms with Crippen molar-refractivity contribution in [3.05, 3.63) is 0 Å². The van der Waals surface area contributed by atoms with Gasteiger partial charge in [0.1, 0.15) is 0 Å². The molecule has 0 aromatic heterocycles. The fraction of sp³-hybridized carbons (Fsp3) is 1.00. The minimum atomic E-state index is -5.45. The topological polar surface area (TPSA) is 18.5 Å². The maximum atomic E-state index is 11.8. The molecule has 0 rings (SSSR count). The molecule has 0 unspecified atom stereocenters. The molecule has 0 aliphatic heterocycles. The van der Waals surface area contributed by atoms with E-state index in [0.717, 1.165) is 7.11 Å². The minimum Gasteiger partial charge on any atom is -0.382 e. The molecule has 86 valence electrons. The Hall–Kier alpha value is -0.500. The van der Waals surface area contributed by atoms with Gasteiger partial charge in [0, 0.05) is 7.11 Å². The molecule has 0 fully saturated rings. The van der Waals surface area contributed by atoms with E-state index in [1.54, 1.807) is 0 Å². The van der Waals surface area contributed by atoms with Gasteiger partial charge in [0.2, 0.25) is 6.10 Å². The Morgan fingerprint density at radius 2 is 1.36 bits per heavy atom. The van der Waals surface area contributed by atoms with Crippen LogP contribution >= 0.6 is 0 Å². The van der Waals surface area contributed by atoms with E-state index in [2.05, 4.69) is 9.47 Å². The summed E-state index contributed by atoms with van der Waals surface area (Å²) >= 11 is 0. The second-order valence-electron chi connectivity index (χ2n) is 2.33. The van der Waals surface area contributed by atoms with Crippen LogP contribution in [0.3, 0.4) is 0 Å². The van der Waals surface area contributed by atoms with E-state index >= 15 is 0 Å². The van der Waals surface area contributed by atoms with E-state index in [1.807, 2.05) is 0 Å². The maximum absolute atomic E-state index is 11.8. The molecule has 0 radical (unpaired) electrons. The Bertz CT molecular complexity index is 149.